The lowest BCUT2D eigenvalue weighted by Gasteiger charge is -2.10. The Morgan fingerprint density at radius 3 is 2.42 bits per heavy atom. The molecule has 4 rings (SSSR count). The standard InChI is InChI=1S/C15H17N3O/c16-10-14(6-7-14)13-17-12(18-19-13)15(8-9-15)11-4-2-1-3-5-11/h1-5H,6-10,16H2. The van der Waals surface area contributed by atoms with E-state index in [0.29, 0.717) is 6.54 Å². The summed E-state index contributed by atoms with van der Waals surface area (Å²) in [6.45, 7) is 0.604. The Balaban J connectivity index is 1.70. The predicted molar refractivity (Wildman–Crippen MR) is 70.7 cm³/mol. The molecule has 2 N–H and O–H groups in total. The number of nitrogens with two attached hydrogens (primary N) is 1. The van der Waals surface area contributed by atoms with Gasteiger partial charge < -0.3 is 10.3 Å². The number of aromatic nitrogens is 2. The highest BCUT2D eigenvalue weighted by molar-refractivity contribution is 5.39. The van der Waals surface area contributed by atoms with Gasteiger partial charge >= 0.3 is 0 Å². The largest absolute Gasteiger partial charge is 0.339 e. The van der Waals surface area contributed by atoms with Gasteiger partial charge in [0.15, 0.2) is 5.82 Å². The number of nitrogens with zero attached hydrogens (tertiary/aromatic N) is 2. The van der Waals surface area contributed by atoms with Gasteiger partial charge in [-0.05, 0) is 31.2 Å². The summed E-state index contributed by atoms with van der Waals surface area (Å²) in [5, 5.41) is 4.24. The molecule has 0 saturated heterocycles. The molecule has 0 radical (unpaired) electrons. The van der Waals surface area contributed by atoms with E-state index in [0.717, 1.165) is 37.4 Å². The topological polar surface area (TPSA) is 64.9 Å². The lowest BCUT2D eigenvalue weighted by molar-refractivity contribution is 0.342. The maximum absolute atomic E-state index is 5.82. The molecule has 4 nitrogen and oxygen atoms in total. The third-order valence-electron chi connectivity index (χ3n) is 4.63. The van der Waals surface area contributed by atoms with Crippen molar-refractivity contribution in [2.24, 2.45) is 5.73 Å². The molecule has 19 heavy (non-hydrogen) atoms. The zero-order valence-electron chi connectivity index (χ0n) is 10.8. The Morgan fingerprint density at radius 2 is 1.84 bits per heavy atom. The number of hydrogen-bond acceptors (Lipinski definition) is 4. The minimum absolute atomic E-state index is 0.00626. The van der Waals surface area contributed by atoms with Gasteiger partial charge in [-0.2, -0.15) is 4.98 Å². The van der Waals surface area contributed by atoms with Crippen molar-refractivity contribution in [3.63, 3.8) is 0 Å². The van der Waals surface area contributed by atoms with E-state index in [1.165, 1.54) is 5.56 Å². The molecule has 0 aliphatic heterocycles. The van der Waals surface area contributed by atoms with Gasteiger partial charge in [0.05, 0.1) is 10.8 Å². The molecule has 0 bridgehead atoms. The number of benzene rings is 1. The van der Waals surface area contributed by atoms with Crippen LogP contribution >= 0.6 is 0 Å². The molecule has 0 unspecified atom stereocenters. The molecular formula is C15H17N3O. The van der Waals surface area contributed by atoms with Crippen LogP contribution in [0.4, 0.5) is 0 Å². The molecule has 98 valence electrons. The van der Waals surface area contributed by atoms with Crippen LogP contribution in [0.15, 0.2) is 34.9 Å². The first-order valence-corrected chi connectivity index (χ1v) is 6.89. The Hall–Kier alpha value is -1.68. The van der Waals surface area contributed by atoms with Crippen molar-refractivity contribution in [1.82, 2.24) is 10.1 Å². The maximum Gasteiger partial charge on any atom is 0.234 e. The summed E-state index contributed by atoms with van der Waals surface area (Å²) in [7, 11) is 0. The van der Waals surface area contributed by atoms with Gasteiger partial charge in [0.1, 0.15) is 0 Å². The van der Waals surface area contributed by atoms with Gasteiger partial charge in [-0.15, -0.1) is 0 Å². The van der Waals surface area contributed by atoms with Crippen LogP contribution in [0.1, 0.15) is 43.0 Å². The Labute approximate surface area is 112 Å². The van der Waals surface area contributed by atoms with Gasteiger partial charge in [-0.25, -0.2) is 0 Å². The van der Waals surface area contributed by atoms with Crippen molar-refractivity contribution in [2.45, 2.75) is 36.5 Å². The van der Waals surface area contributed by atoms with Crippen molar-refractivity contribution in [3.05, 3.63) is 47.6 Å². The molecule has 2 aliphatic rings. The highest BCUT2D eigenvalue weighted by atomic mass is 16.5. The summed E-state index contributed by atoms with van der Waals surface area (Å²) in [5.41, 5.74) is 7.09. The lowest BCUT2D eigenvalue weighted by Crippen LogP contribution is -2.20. The van der Waals surface area contributed by atoms with Gasteiger partial charge in [0.25, 0.3) is 0 Å². The fourth-order valence-corrected chi connectivity index (χ4v) is 2.81. The molecule has 0 amide bonds. The first kappa shape index (κ1) is 11.2. The predicted octanol–water partition coefficient (Wildman–Crippen LogP) is 2.14. The minimum Gasteiger partial charge on any atom is -0.339 e. The molecule has 2 aromatic rings. The molecule has 1 aromatic carbocycles. The van der Waals surface area contributed by atoms with Crippen LogP contribution in [-0.2, 0) is 10.8 Å². The summed E-state index contributed by atoms with van der Waals surface area (Å²) in [5.74, 6) is 1.58. The van der Waals surface area contributed by atoms with E-state index < -0.39 is 0 Å². The Kier molecular flexibility index (Phi) is 2.16. The van der Waals surface area contributed by atoms with Crippen LogP contribution in [0.5, 0.6) is 0 Å². The highest BCUT2D eigenvalue weighted by Gasteiger charge is 2.53. The Bertz CT molecular complexity index is 597. The van der Waals surface area contributed by atoms with Crippen molar-refractivity contribution in [3.8, 4) is 0 Å². The van der Waals surface area contributed by atoms with Crippen LogP contribution in [0.2, 0.25) is 0 Å². The van der Waals surface area contributed by atoms with Crippen LogP contribution in [0.3, 0.4) is 0 Å². The quantitative estimate of drug-likeness (QED) is 0.909. The third-order valence-corrected chi connectivity index (χ3v) is 4.63. The van der Waals surface area contributed by atoms with Crippen molar-refractivity contribution in [1.29, 1.82) is 0 Å². The van der Waals surface area contributed by atoms with E-state index in [2.05, 4.69) is 34.4 Å². The van der Waals surface area contributed by atoms with Crippen molar-refractivity contribution < 1.29 is 4.52 Å². The van der Waals surface area contributed by atoms with E-state index in [9.17, 15) is 0 Å². The first-order chi connectivity index (χ1) is 9.29. The van der Waals surface area contributed by atoms with Gasteiger partial charge in [-0.3, -0.25) is 0 Å². The van der Waals surface area contributed by atoms with Gasteiger partial charge in [-0.1, -0.05) is 35.5 Å². The van der Waals surface area contributed by atoms with E-state index in [1.54, 1.807) is 0 Å². The fraction of sp³-hybridized carbons (Fsp3) is 0.467. The molecule has 2 saturated carbocycles. The summed E-state index contributed by atoms with van der Waals surface area (Å²) in [6.07, 6.45) is 4.35. The second-order valence-electron chi connectivity index (χ2n) is 5.86. The Morgan fingerprint density at radius 1 is 1.11 bits per heavy atom. The summed E-state index contributed by atoms with van der Waals surface area (Å²) < 4.78 is 5.49. The van der Waals surface area contributed by atoms with Crippen LogP contribution in [-0.4, -0.2) is 16.7 Å². The third kappa shape index (κ3) is 1.56. The van der Waals surface area contributed by atoms with Crippen LogP contribution in [0, 0.1) is 0 Å². The maximum atomic E-state index is 5.82. The molecule has 1 heterocycles. The number of hydrogen-bond donors (Lipinski definition) is 1. The second-order valence-corrected chi connectivity index (χ2v) is 5.86. The molecule has 2 aliphatic carbocycles. The van der Waals surface area contributed by atoms with Gasteiger partial charge in [0.2, 0.25) is 5.89 Å². The molecule has 2 fully saturated rings. The first-order valence-electron chi connectivity index (χ1n) is 6.89. The lowest BCUT2D eigenvalue weighted by atomic mass is 9.95. The monoisotopic (exact) mass is 255 g/mol. The zero-order valence-corrected chi connectivity index (χ0v) is 10.8. The van der Waals surface area contributed by atoms with E-state index in [4.69, 9.17) is 10.3 Å². The van der Waals surface area contributed by atoms with Crippen molar-refractivity contribution in [2.75, 3.05) is 6.54 Å². The van der Waals surface area contributed by atoms with Crippen LogP contribution in [0.25, 0.3) is 0 Å². The molecule has 0 atom stereocenters. The highest BCUT2D eigenvalue weighted by Crippen LogP contribution is 2.53. The molecule has 0 spiro atoms. The van der Waals surface area contributed by atoms with Crippen LogP contribution < -0.4 is 5.73 Å². The van der Waals surface area contributed by atoms with E-state index in [1.807, 2.05) is 6.07 Å². The average molecular weight is 255 g/mol. The average Bonchev–Trinajstić information content (AvgIpc) is 3.39. The molecule has 4 heteroatoms. The van der Waals surface area contributed by atoms with Crippen molar-refractivity contribution >= 4 is 0 Å². The second kappa shape index (κ2) is 3.67. The van der Waals surface area contributed by atoms with E-state index in [-0.39, 0.29) is 10.8 Å². The van der Waals surface area contributed by atoms with Gasteiger partial charge in [0, 0.05) is 6.54 Å². The molecular weight excluding hydrogens is 238 g/mol. The van der Waals surface area contributed by atoms with E-state index >= 15 is 0 Å². The summed E-state index contributed by atoms with van der Waals surface area (Å²) in [6, 6.07) is 10.5. The zero-order chi connectivity index (χ0) is 12.9. The normalized spacial score (nSPS) is 22.2. The number of rotatable bonds is 4. The molecule has 1 aromatic heterocycles. The summed E-state index contributed by atoms with van der Waals surface area (Å²) in [4.78, 5) is 4.67. The fourth-order valence-electron chi connectivity index (χ4n) is 2.81. The smallest absolute Gasteiger partial charge is 0.234 e. The summed E-state index contributed by atoms with van der Waals surface area (Å²) >= 11 is 0. The minimum atomic E-state index is -0.0159. The SMILES string of the molecule is NCC1(c2nc(C3(c4ccccc4)CC3)no2)CC1.